The second-order valence-corrected chi connectivity index (χ2v) is 6.18. The van der Waals surface area contributed by atoms with Crippen molar-refractivity contribution in [2.45, 2.75) is 45.1 Å². The van der Waals surface area contributed by atoms with Crippen LogP contribution in [0.15, 0.2) is 24.3 Å². The summed E-state index contributed by atoms with van der Waals surface area (Å²) in [5.41, 5.74) is -0.295. The number of carboxylic acid groups (broad SMARTS) is 1. The van der Waals surface area contributed by atoms with Gasteiger partial charge >= 0.3 is 5.97 Å². The Balaban J connectivity index is 2.01. The number of hydrogen-bond donors (Lipinski definition) is 3. The van der Waals surface area contributed by atoms with Gasteiger partial charge in [0.05, 0.1) is 0 Å². The minimum absolute atomic E-state index is 0.00333. The van der Waals surface area contributed by atoms with E-state index in [1.54, 1.807) is 24.3 Å². The molecule has 0 heterocycles. The van der Waals surface area contributed by atoms with Crippen LogP contribution in [0.5, 0.6) is 0 Å². The minimum atomic E-state index is -1.29. The summed E-state index contributed by atoms with van der Waals surface area (Å²) >= 11 is 0. The molecule has 3 N–H and O–H groups in total. The van der Waals surface area contributed by atoms with E-state index in [0.29, 0.717) is 24.1 Å². The average molecular weight is 318 g/mol. The smallest absolute Gasteiger partial charge is 0.329 e. The first-order valence-corrected chi connectivity index (χ1v) is 7.82. The lowest BCUT2D eigenvalue weighted by Crippen LogP contribution is -2.52. The monoisotopic (exact) mass is 318 g/mol. The highest BCUT2D eigenvalue weighted by molar-refractivity contribution is 5.99. The van der Waals surface area contributed by atoms with E-state index in [2.05, 4.69) is 10.6 Å². The van der Waals surface area contributed by atoms with E-state index in [9.17, 15) is 19.5 Å². The van der Waals surface area contributed by atoms with Crippen molar-refractivity contribution in [1.29, 1.82) is 0 Å². The van der Waals surface area contributed by atoms with Gasteiger partial charge in [0, 0.05) is 17.2 Å². The zero-order valence-electron chi connectivity index (χ0n) is 13.4. The Hall–Kier alpha value is -2.37. The van der Waals surface area contributed by atoms with Gasteiger partial charge in [0.15, 0.2) is 0 Å². The fourth-order valence-electron chi connectivity index (χ4n) is 2.34. The highest BCUT2D eigenvalue weighted by Gasteiger charge is 2.34. The van der Waals surface area contributed by atoms with Gasteiger partial charge < -0.3 is 15.7 Å². The van der Waals surface area contributed by atoms with E-state index in [1.807, 2.05) is 6.92 Å². The van der Waals surface area contributed by atoms with Gasteiger partial charge in [-0.05, 0) is 50.5 Å². The van der Waals surface area contributed by atoms with Crippen molar-refractivity contribution in [1.82, 2.24) is 5.32 Å². The molecule has 1 unspecified atom stereocenters. The van der Waals surface area contributed by atoms with Crippen molar-refractivity contribution >= 4 is 23.5 Å². The van der Waals surface area contributed by atoms with E-state index in [4.69, 9.17) is 0 Å². The summed E-state index contributed by atoms with van der Waals surface area (Å²) in [6.07, 6.45) is 2.86. The van der Waals surface area contributed by atoms with E-state index in [-0.39, 0.29) is 11.8 Å². The molecule has 0 radical (unpaired) electrons. The maximum atomic E-state index is 12.2. The lowest BCUT2D eigenvalue weighted by atomic mass is 9.95. The molecule has 1 aromatic carbocycles. The lowest BCUT2D eigenvalue weighted by molar-refractivity contribution is -0.144. The van der Waals surface area contributed by atoms with Gasteiger partial charge in [0.2, 0.25) is 5.91 Å². The SMILES string of the molecule is CCCC(C)(NC(=O)c1ccc(NC(=O)C2CC2)cc1)C(=O)O. The van der Waals surface area contributed by atoms with Crippen molar-refractivity contribution in [3.63, 3.8) is 0 Å². The van der Waals surface area contributed by atoms with E-state index >= 15 is 0 Å². The lowest BCUT2D eigenvalue weighted by Gasteiger charge is -2.25. The van der Waals surface area contributed by atoms with Gasteiger partial charge in [-0.1, -0.05) is 13.3 Å². The number of amides is 2. The Bertz CT molecular complexity index is 608. The van der Waals surface area contributed by atoms with Crippen LogP contribution in [-0.4, -0.2) is 28.4 Å². The van der Waals surface area contributed by atoms with Gasteiger partial charge in [-0.3, -0.25) is 9.59 Å². The molecular weight excluding hydrogens is 296 g/mol. The number of carboxylic acids is 1. The third-order valence-electron chi connectivity index (χ3n) is 3.97. The standard InChI is InChI=1S/C17H22N2O4/c1-3-10-17(2,16(22)23)19-15(21)12-6-8-13(9-7-12)18-14(20)11-4-5-11/h6-9,11H,3-5,10H2,1-2H3,(H,18,20)(H,19,21)(H,22,23). The van der Waals surface area contributed by atoms with Gasteiger partial charge in [-0.15, -0.1) is 0 Å². The first-order valence-electron chi connectivity index (χ1n) is 7.82. The fraction of sp³-hybridized carbons (Fsp3) is 0.471. The summed E-state index contributed by atoms with van der Waals surface area (Å²) in [7, 11) is 0. The predicted molar refractivity (Wildman–Crippen MR) is 86.2 cm³/mol. The average Bonchev–Trinajstić information content (AvgIpc) is 3.32. The van der Waals surface area contributed by atoms with Crippen LogP contribution >= 0.6 is 0 Å². The molecular formula is C17H22N2O4. The van der Waals surface area contributed by atoms with Gasteiger partial charge in [0.25, 0.3) is 5.91 Å². The zero-order chi connectivity index (χ0) is 17.0. The van der Waals surface area contributed by atoms with Crippen LogP contribution in [0.1, 0.15) is 49.9 Å². The molecule has 1 aliphatic rings. The molecule has 0 bridgehead atoms. The zero-order valence-corrected chi connectivity index (χ0v) is 13.4. The highest BCUT2D eigenvalue weighted by atomic mass is 16.4. The second kappa shape index (κ2) is 6.81. The number of aliphatic carboxylic acids is 1. The molecule has 0 spiro atoms. The fourth-order valence-corrected chi connectivity index (χ4v) is 2.34. The van der Waals surface area contributed by atoms with Crippen LogP contribution in [0.2, 0.25) is 0 Å². The van der Waals surface area contributed by atoms with Gasteiger partial charge in [0.1, 0.15) is 5.54 Å². The van der Waals surface area contributed by atoms with Crippen LogP contribution in [0.25, 0.3) is 0 Å². The Labute approximate surface area is 135 Å². The summed E-state index contributed by atoms with van der Waals surface area (Å²) in [5.74, 6) is -1.38. The molecule has 6 heteroatoms. The van der Waals surface area contributed by atoms with Gasteiger partial charge in [-0.25, -0.2) is 4.79 Å². The quantitative estimate of drug-likeness (QED) is 0.719. The molecule has 0 aromatic heterocycles. The Morgan fingerprint density at radius 3 is 2.30 bits per heavy atom. The Morgan fingerprint density at radius 2 is 1.83 bits per heavy atom. The van der Waals surface area contributed by atoms with Crippen LogP contribution in [-0.2, 0) is 9.59 Å². The normalized spacial score (nSPS) is 16.3. The third kappa shape index (κ3) is 4.31. The third-order valence-corrected chi connectivity index (χ3v) is 3.97. The minimum Gasteiger partial charge on any atom is -0.480 e. The largest absolute Gasteiger partial charge is 0.480 e. The second-order valence-electron chi connectivity index (χ2n) is 6.18. The molecule has 1 aromatic rings. The van der Waals surface area contributed by atoms with Crippen molar-refractivity contribution < 1.29 is 19.5 Å². The van der Waals surface area contributed by atoms with Crippen LogP contribution in [0.3, 0.4) is 0 Å². The molecule has 2 rings (SSSR count). The summed E-state index contributed by atoms with van der Waals surface area (Å²) in [6, 6.07) is 6.44. The van der Waals surface area contributed by atoms with Crippen molar-refractivity contribution in [3.8, 4) is 0 Å². The number of anilines is 1. The molecule has 1 fully saturated rings. The summed E-state index contributed by atoms with van der Waals surface area (Å²) in [5, 5.41) is 14.7. The molecule has 1 aliphatic carbocycles. The van der Waals surface area contributed by atoms with E-state index in [1.165, 1.54) is 6.92 Å². The number of hydrogen-bond acceptors (Lipinski definition) is 3. The molecule has 0 saturated heterocycles. The Kier molecular flexibility index (Phi) is 5.03. The molecule has 6 nitrogen and oxygen atoms in total. The van der Waals surface area contributed by atoms with Crippen LogP contribution < -0.4 is 10.6 Å². The van der Waals surface area contributed by atoms with Crippen LogP contribution in [0.4, 0.5) is 5.69 Å². The highest BCUT2D eigenvalue weighted by Crippen LogP contribution is 2.30. The topological polar surface area (TPSA) is 95.5 Å². The van der Waals surface area contributed by atoms with Crippen molar-refractivity contribution in [3.05, 3.63) is 29.8 Å². The van der Waals surface area contributed by atoms with Crippen LogP contribution in [0, 0.1) is 5.92 Å². The number of benzene rings is 1. The Morgan fingerprint density at radius 1 is 1.22 bits per heavy atom. The van der Waals surface area contributed by atoms with Crippen molar-refractivity contribution in [2.24, 2.45) is 5.92 Å². The summed E-state index contributed by atoms with van der Waals surface area (Å²) < 4.78 is 0. The van der Waals surface area contributed by atoms with E-state index in [0.717, 1.165) is 12.8 Å². The molecule has 124 valence electrons. The first-order chi connectivity index (χ1) is 10.9. The molecule has 2 amide bonds. The van der Waals surface area contributed by atoms with Gasteiger partial charge in [-0.2, -0.15) is 0 Å². The summed E-state index contributed by atoms with van der Waals surface area (Å²) in [4.78, 5) is 35.3. The number of carbonyl (C=O) groups excluding carboxylic acids is 2. The maximum absolute atomic E-state index is 12.2. The molecule has 1 saturated carbocycles. The summed E-state index contributed by atoms with van der Waals surface area (Å²) in [6.45, 7) is 3.37. The molecule has 0 aliphatic heterocycles. The van der Waals surface area contributed by atoms with Crippen molar-refractivity contribution in [2.75, 3.05) is 5.32 Å². The number of rotatable bonds is 7. The maximum Gasteiger partial charge on any atom is 0.329 e. The number of carbonyl (C=O) groups is 3. The predicted octanol–water partition coefficient (Wildman–Crippen LogP) is 2.41. The molecule has 23 heavy (non-hydrogen) atoms. The molecule has 1 atom stereocenters. The van der Waals surface area contributed by atoms with E-state index < -0.39 is 17.4 Å². The first kappa shape index (κ1) is 17.0. The number of nitrogens with one attached hydrogen (secondary N) is 2.